The van der Waals surface area contributed by atoms with Crippen molar-refractivity contribution in [3.63, 3.8) is 0 Å². The second-order valence-corrected chi connectivity index (χ2v) is 11.0. The first-order chi connectivity index (χ1) is 15.9. The van der Waals surface area contributed by atoms with Crippen LogP contribution in [0.2, 0.25) is 0 Å². The molecule has 2 aromatic carbocycles. The molecule has 7 nitrogen and oxygen atoms in total. The van der Waals surface area contributed by atoms with Gasteiger partial charge in [0.25, 0.3) is 0 Å². The number of aromatic nitrogens is 1. The van der Waals surface area contributed by atoms with Crippen LogP contribution in [-0.4, -0.2) is 81.1 Å². The molecule has 2 N–H and O–H groups in total. The van der Waals surface area contributed by atoms with E-state index in [1.807, 2.05) is 36.4 Å². The highest BCUT2D eigenvalue weighted by molar-refractivity contribution is 5.95. The van der Waals surface area contributed by atoms with Crippen molar-refractivity contribution in [2.24, 2.45) is 0 Å². The van der Waals surface area contributed by atoms with Gasteiger partial charge in [0.1, 0.15) is 0 Å². The second kappa shape index (κ2) is 10.5. The smallest absolute Gasteiger partial charge is 0.225 e. The van der Waals surface area contributed by atoms with Crippen molar-refractivity contribution in [2.45, 2.75) is 25.9 Å². The second-order valence-electron chi connectivity index (χ2n) is 11.0. The molecule has 3 aromatic rings. The zero-order valence-electron chi connectivity index (χ0n) is 21.4. The van der Waals surface area contributed by atoms with E-state index >= 15 is 0 Å². The maximum absolute atomic E-state index is 12.3. The van der Waals surface area contributed by atoms with Crippen molar-refractivity contribution in [3.8, 4) is 0 Å². The summed E-state index contributed by atoms with van der Waals surface area (Å²) in [5.41, 5.74) is 3.73. The van der Waals surface area contributed by atoms with E-state index in [1.165, 1.54) is 0 Å². The predicted molar refractivity (Wildman–Crippen MR) is 138 cm³/mol. The van der Waals surface area contributed by atoms with E-state index < -0.39 is 0 Å². The van der Waals surface area contributed by atoms with Crippen molar-refractivity contribution in [1.29, 1.82) is 0 Å². The fraction of sp³-hybridized carbons (Fsp3) is 0.444. The van der Waals surface area contributed by atoms with E-state index in [9.17, 15) is 9.59 Å². The fourth-order valence-corrected chi connectivity index (χ4v) is 3.73. The number of carbonyl (C=O) groups excluding carboxylic acids is 2. The van der Waals surface area contributed by atoms with Crippen LogP contribution in [0.3, 0.4) is 0 Å². The lowest BCUT2D eigenvalue weighted by molar-refractivity contribution is -0.869. The number of hydrogen-bond acceptors (Lipinski definition) is 3. The van der Waals surface area contributed by atoms with Gasteiger partial charge < -0.3 is 19.6 Å². The molecule has 0 aliphatic rings. The number of nitrogens with zero attached hydrogens (tertiary/aromatic N) is 3. The Balaban J connectivity index is 1.78. The van der Waals surface area contributed by atoms with Crippen LogP contribution in [0.4, 0.5) is 0 Å². The fourth-order valence-electron chi connectivity index (χ4n) is 3.73. The standard InChI is InChI=1S/C27H37N5O2/c1-31(2,3)15-13-24(33)28-18-22-11-7-9-20-17-21-10-8-12-23(27(21)30-26(20)22)19-29-25(34)14-16-32(4,5)6/h7-12,17H,13-16,18-19H2,1-6H3/p+2. The summed E-state index contributed by atoms with van der Waals surface area (Å²) in [7, 11) is 12.5. The summed E-state index contributed by atoms with van der Waals surface area (Å²) in [5, 5.41) is 8.16. The van der Waals surface area contributed by atoms with Crippen molar-refractivity contribution < 1.29 is 18.6 Å². The van der Waals surface area contributed by atoms with E-state index in [0.717, 1.165) is 55.0 Å². The van der Waals surface area contributed by atoms with Crippen molar-refractivity contribution in [2.75, 3.05) is 55.4 Å². The number of quaternary nitrogens is 2. The summed E-state index contributed by atoms with van der Waals surface area (Å²) >= 11 is 0. The zero-order valence-corrected chi connectivity index (χ0v) is 21.4. The van der Waals surface area contributed by atoms with Crippen LogP contribution in [0.5, 0.6) is 0 Å². The number of hydrogen-bond donors (Lipinski definition) is 2. The Hall–Kier alpha value is -3.03. The Morgan fingerprint density at radius 1 is 0.706 bits per heavy atom. The third kappa shape index (κ3) is 7.50. The average molecular weight is 466 g/mol. The molecule has 0 saturated carbocycles. The molecular formula is C27H39N5O2+2. The lowest BCUT2D eigenvalue weighted by Gasteiger charge is -2.23. The van der Waals surface area contributed by atoms with Gasteiger partial charge in [-0.1, -0.05) is 36.4 Å². The van der Waals surface area contributed by atoms with Gasteiger partial charge in [0.15, 0.2) is 0 Å². The molecule has 0 unspecified atom stereocenters. The number of fused-ring (bicyclic) bond motifs is 2. The first-order valence-electron chi connectivity index (χ1n) is 11.9. The van der Waals surface area contributed by atoms with Crippen molar-refractivity contribution in [1.82, 2.24) is 15.6 Å². The molecule has 1 aromatic heterocycles. The van der Waals surface area contributed by atoms with E-state index in [2.05, 4.69) is 59.0 Å². The van der Waals surface area contributed by atoms with E-state index in [-0.39, 0.29) is 11.8 Å². The van der Waals surface area contributed by atoms with Gasteiger partial charge in [-0.3, -0.25) is 9.59 Å². The minimum atomic E-state index is 0.0446. The number of rotatable bonds is 10. The lowest BCUT2D eigenvalue weighted by Crippen LogP contribution is -2.38. The van der Waals surface area contributed by atoms with Crippen LogP contribution in [0.25, 0.3) is 21.8 Å². The molecule has 34 heavy (non-hydrogen) atoms. The molecule has 0 fully saturated rings. The normalized spacial score (nSPS) is 12.2. The largest absolute Gasteiger partial charge is 0.352 e. The Labute approximate surface area is 202 Å². The summed E-state index contributed by atoms with van der Waals surface area (Å²) < 4.78 is 1.51. The molecule has 2 amide bonds. The van der Waals surface area contributed by atoms with Crippen LogP contribution in [0.15, 0.2) is 42.5 Å². The number of nitrogens with one attached hydrogen (secondary N) is 2. The van der Waals surface area contributed by atoms with Gasteiger partial charge in [0, 0.05) is 23.9 Å². The number of carbonyl (C=O) groups is 2. The summed E-state index contributed by atoms with van der Waals surface area (Å²) in [6.45, 7) is 2.45. The van der Waals surface area contributed by atoms with Crippen LogP contribution in [-0.2, 0) is 22.7 Å². The van der Waals surface area contributed by atoms with Crippen LogP contribution in [0.1, 0.15) is 24.0 Å². The van der Waals surface area contributed by atoms with E-state index in [4.69, 9.17) is 4.98 Å². The first kappa shape index (κ1) is 25.6. The van der Waals surface area contributed by atoms with Crippen LogP contribution < -0.4 is 10.6 Å². The first-order valence-corrected chi connectivity index (χ1v) is 11.9. The Kier molecular flexibility index (Phi) is 7.89. The minimum absolute atomic E-state index is 0.0446. The maximum atomic E-state index is 12.3. The van der Waals surface area contributed by atoms with Crippen molar-refractivity contribution >= 4 is 33.6 Å². The highest BCUT2D eigenvalue weighted by Crippen LogP contribution is 2.25. The molecule has 0 bridgehead atoms. The Bertz CT molecular complexity index is 1090. The van der Waals surface area contributed by atoms with Crippen molar-refractivity contribution in [3.05, 3.63) is 53.6 Å². The third-order valence-corrected chi connectivity index (χ3v) is 5.81. The molecule has 0 atom stereocenters. The molecule has 0 aliphatic heterocycles. The Morgan fingerprint density at radius 3 is 1.50 bits per heavy atom. The predicted octanol–water partition coefficient (Wildman–Crippen LogP) is 2.81. The van der Waals surface area contributed by atoms with Gasteiger partial charge in [-0.25, -0.2) is 4.98 Å². The van der Waals surface area contributed by atoms with E-state index in [1.54, 1.807) is 0 Å². The zero-order chi connectivity index (χ0) is 24.9. The summed E-state index contributed by atoms with van der Waals surface area (Å²) in [6.07, 6.45) is 0.977. The summed E-state index contributed by atoms with van der Waals surface area (Å²) in [5.74, 6) is 0.0891. The molecule has 0 aliphatic carbocycles. The molecule has 182 valence electrons. The van der Waals surface area contributed by atoms with Gasteiger partial charge in [-0.15, -0.1) is 0 Å². The molecule has 1 heterocycles. The highest BCUT2D eigenvalue weighted by atomic mass is 16.2. The van der Waals surface area contributed by atoms with Crippen LogP contribution >= 0.6 is 0 Å². The molecule has 0 saturated heterocycles. The summed E-state index contributed by atoms with van der Waals surface area (Å²) in [4.78, 5) is 29.7. The van der Waals surface area contributed by atoms with E-state index in [0.29, 0.717) is 25.9 Å². The number of amides is 2. The Morgan fingerprint density at radius 2 is 1.12 bits per heavy atom. The van der Waals surface area contributed by atoms with Crippen LogP contribution in [0, 0.1) is 0 Å². The molecule has 0 radical (unpaired) electrons. The molecular weight excluding hydrogens is 426 g/mol. The molecule has 7 heteroatoms. The summed E-state index contributed by atoms with van der Waals surface area (Å²) in [6, 6.07) is 14.2. The average Bonchev–Trinajstić information content (AvgIpc) is 2.76. The van der Waals surface area contributed by atoms with Gasteiger partial charge >= 0.3 is 0 Å². The topological polar surface area (TPSA) is 71.1 Å². The van der Waals surface area contributed by atoms with Gasteiger partial charge in [-0.05, 0) is 17.2 Å². The SMILES string of the molecule is C[N+](C)(C)CCC(=O)NCc1cccc2cc3cccc(CNC(=O)CC[N+](C)(C)C)c3nc12. The maximum Gasteiger partial charge on any atom is 0.225 e. The van der Waals surface area contributed by atoms with Gasteiger partial charge in [-0.2, -0.15) is 0 Å². The monoisotopic (exact) mass is 465 g/mol. The third-order valence-electron chi connectivity index (χ3n) is 5.81. The van der Waals surface area contributed by atoms with Gasteiger partial charge in [0.05, 0.1) is 79.3 Å². The lowest BCUT2D eigenvalue weighted by atomic mass is 10.0. The highest BCUT2D eigenvalue weighted by Gasteiger charge is 2.14. The van der Waals surface area contributed by atoms with Gasteiger partial charge in [0.2, 0.25) is 11.8 Å². The minimum Gasteiger partial charge on any atom is -0.352 e. The molecule has 3 rings (SSSR count). The number of pyridine rings is 1. The number of para-hydroxylation sites is 2. The quantitative estimate of drug-likeness (QED) is 0.357. The number of benzene rings is 2. The molecule has 0 spiro atoms.